The molecule has 0 radical (unpaired) electrons. The van der Waals surface area contributed by atoms with Crippen LogP contribution in [0, 0.1) is 6.92 Å². The Kier molecular flexibility index (Phi) is 7.00. The quantitative estimate of drug-likeness (QED) is 0.398. The monoisotopic (exact) mass is 425 g/mol. The van der Waals surface area contributed by atoms with Crippen LogP contribution in [0.1, 0.15) is 21.7 Å². The number of aliphatic hydroxyl groups excluding tert-OH is 1. The minimum absolute atomic E-state index is 0.0186. The summed E-state index contributed by atoms with van der Waals surface area (Å²) in [6.45, 7) is 1.63. The molecule has 7 nitrogen and oxygen atoms in total. The molecule has 0 saturated heterocycles. The van der Waals surface area contributed by atoms with E-state index < -0.39 is 11.8 Å². The van der Waals surface area contributed by atoms with E-state index in [1.165, 1.54) is 6.08 Å². The van der Waals surface area contributed by atoms with Crippen LogP contribution in [-0.2, 0) is 4.79 Å². The summed E-state index contributed by atoms with van der Waals surface area (Å²) >= 11 is 6.10. The number of pyridine rings is 1. The first-order valence-corrected chi connectivity index (χ1v) is 9.56. The van der Waals surface area contributed by atoms with Gasteiger partial charge >= 0.3 is 0 Å². The van der Waals surface area contributed by atoms with Crippen molar-refractivity contribution >= 4 is 29.5 Å². The van der Waals surface area contributed by atoms with Crippen LogP contribution in [0.2, 0.25) is 5.15 Å². The summed E-state index contributed by atoms with van der Waals surface area (Å²) < 4.78 is 5.77. The van der Waals surface area contributed by atoms with Crippen molar-refractivity contribution < 1.29 is 19.1 Å². The van der Waals surface area contributed by atoms with E-state index in [1.807, 2.05) is 6.07 Å². The lowest BCUT2D eigenvalue weighted by molar-refractivity contribution is -0.117. The number of halogens is 1. The second kappa shape index (κ2) is 9.87. The maximum Gasteiger partial charge on any atom is 0.268 e. The second-order valence-electron chi connectivity index (χ2n) is 6.35. The molecule has 0 saturated carbocycles. The first-order chi connectivity index (χ1) is 14.5. The number of furan rings is 1. The number of carbonyl (C=O) groups is 2. The van der Waals surface area contributed by atoms with Gasteiger partial charge in [0.1, 0.15) is 22.4 Å². The molecule has 0 unspecified atom stereocenters. The zero-order valence-electron chi connectivity index (χ0n) is 16.2. The zero-order valence-corrected chi connectivity index (χ0v) is 16.9. The molecule has 3 rings (SSSR count). The van der Waals surface area contributed by atoms with Gasteiger partial charge in [0.15, 0.2) is 0 Å². The standard InChI is InChI=1S/C22H20ClN3O4/c1-14-5-2-3-6-16(14)21(28)26-18(22(29)25-11-12-27)13-15-8-9-19(30-15)17-7-4-10-24-20(17)23/h2-10,13,27H,11-12H2,1H3,(H,25,29)(H,26,28). The highest BCUT2D eigenvalue weighted by atomic mass is 35.5. The maximum atomic E-state index is 12.7. The van der Waals surface area contributed by atoms with Crippen molar-refractivity contribution in [1.82, 2.24) is 15.6 Å². The molecule has 30 heavy (non-hydrogen) atoms. The molecule has 3 aromatic rings. The van der Waals surface area contributed by atoms with Gasteiger partial charge in [-0.3, -0.25) is 9.59 Å². The largest absolute Gasteiger partial charge is 0.457 e. The summed E-state index contributed by atoms with van der Waals surface area (Å²) in [6, 6.07) is 13.9. The van der Waals surface area contributed by atoms with Gasteiger partial charge in [0.2, 0.25) is 0 Å². The summed E-state index contributed by atoms with van der Waals surface area (Å²) in [7, 11) is 0. The summed E-state index contributed by atoms with van der Waals surface area (Å²) in [5.41, 5.74) is 1.81. The first kappa shape index (κ1) is 21.3. The number of rotatable bonds is 7. The Hall–Kier alpha value is -3.42. The van der Waals surface area contributed by atoms with E-state index in [2.05, 4.69) is 15.6 Å². The molecule has 0 fully saturated rings. The molecule has 8 heteroatoms. The third kappa shape index (κ3) is 5.14. The van der Waals surface area contributed by atoms with Crippen molar-refractivity contribution in [2.45, 2.75) is 6.92 Å². The molecule has 0 atom stereocenters. The van der Waals surface area contributed by atoms with Crippen LogP contribution in [0.5, 0.6) is 0 Å². The van der Waals surface area contributed by atoms with Crippen LogP contribution in [0.4, 0.5) is 0 Å². The van der Waals surface area contributed by atoms with E-state index in [-0.39, 0.29) is 24.0 Å². The predicted molar refractivity (Wildman–Crippen MR) is 114 cm³/mol. The fraction of sp³-hybridized carbons (Fsp3) is 0.136. The van der Waals surface area contributed by atoms with E-state index in [1.54, 1.807) is 55.6 Å². The van der Waals surface area contributed by atoms with Crippen molar-refractivity contribution in [3.8, 4) is 11.3 Å². The number of hydrogen-bond acceptors (Lipinski definition) is 5. The minimum Gasteiger partial charge on any atom is -0.457 e. The SMILES string of the molecule is Cc1ccccc1C(=O)NC(=Cc1ccc(-c2cccnc2Cl)o1)C(=O)NCCO. The van der Waals surface area contributed by atoms with E-state index >= 15 is 0 Å². The first-order valence-electron chi connectivity index (χ1n) is 9.18. The number of aliphatic hydroxyl groups is 1. The van der Waals surface area contributed by atoms with Crippen LogP contribution in [0.25, 0.3) is 17.4 Å². The number of hydrogen-bond donors (Lipinski definition) is 3. The Labute approximate surface area is 178 Å². The highest BCUT2D eigenvalue weighted by Gasteiger charge is 2.17. The van der Waals surface area contributed by atoms with Gasteiger partial charge in [-0.2, -0.15) is 0 Å². The lowest BCUT2D eigenvalue weighted by Gasteiger charge is -2.11. The van der Waals surface area contributed by atoms with Crippen LogP contribution in [0.3, 0.4) is 0 Å². The van der Waals surface area contributed by atoms with Gasteiger partial charge in [-0.25, -0.2) is 4.98 Å². The molecule has 154 valence electrons. The Balaban J connectivity index is 1.90. The summed E-state index contributed by atoms with van der Waals surface area (Å²) in [5.74, 6) is -0.173. The molecule has 0 bridgehead atoms. The third-order valence-corrected chi connectivity index (χ3v) is 4.52. The van der Waals surface area contributed by atoms with E-state index in [0.717, 1.165) is 5.56 Å². The lowest BCUT2D eigenvalue weighted by atomic mass is 10.1. The average molecular weight is 426 g/mol. The topological polar surface area (TPSA) is 104 Å². The van der Waals surface area contributed by atoms with Gasteiger partial charge in [-0.15, -0.1) is 0 Å². The lowest BCUT2D eigenvalue weighted by Crippen LogP contribution is -2.36. The van der Waals surface area contributed by atoms with Gasteiger partial charge in [0.05, 0.1) is 12.2 Å². The molecule has 2 heterocycles. The molecular weight excluding hydrogens is 406 g/mol. The van der Waals surface area contributed by atoms with Crippen molar-refractivity contribution in [3.05, 3.63) is 82.5 Å². The number of benzene rings is 1. The van der Waals surface area contributed by atoms with Crippen molar-refractivity contribution in [2.24, 2.45) is 0 Å². The number of aryl methyl sites for hydroxylation is 1. The Morgan fingerprint density at radius 1 is 1.17 bits per heavy atom. The van der Waals surface area contributed by atoms with Crippen LogP contribution in [0.15, 0.2) is 64.8 Å². The van der Waals surface area contributed by atoms with Gasteiger partial charge in [0, 0.05) is 24.4 Å². The fourth-order valence-corrected chi connectivity index (χ4v) is 2.94. The molecule has 3 N–H and O–H groups in total. The van der Waals surface area contributed by atoms with Crippen molar-refractivity contribution in [1.29, 1.82) is 0 Å². The Morgan fingerprint density at radius 3 is 2.70 bits per heavy atom. The van der Waals surface area contributed by atoms with E-state index in [4.69, 9.17) is 21.1 Å². The minimum atomic E-state index is -0.552. The van der Waals surface area contributed by atoms with Gasteiger partial charge < -0.3 is 20.2 Å². The van der Waals surface area contributed by atoms with Crippen molar-refractivity contribution in [2.75, 3.05) is 13.2 Å². The fourth-order valence-electron chi connectivity index (χ4n) is 2.73. The highest BCUT2D eigenvalue weighted by molar-refractivity contribution is 6.31. The molecule has 1 aromatic carbocycles. The average Bonchev–Trinajstić information content (AvgIpc) is 3.20. The maximum absolute atomic E-state index is 12.7. The van der Waals surface area contributed by atoms with Crippen LogP contribution in [-0.4, -0.2) is 35.1 Å². The summed E-state index contributed by atoms with van der Waals surface area (Å²) in [4.78, 5) is 29.2. The number of amides is 2. The van der Waals surface area contributed by atoms with Crippen molar-refractivity contribution in [3.63, 3.8) is 0 Å². The zero-order chi connectivity index (χ0) is 21.5. The summed E-state index contributed by atoms with van der Waals surface area (Å²) in [5, 5.41) is 14.4. The number of nitrogens with one attached hydrogen (secondary N) is 2. The Morgan fingerprint density at radius 2 is 1.97 bits per heavy atom. The number of aromatic nitrogens is 1. The van der Waals surface area contributed by atoms with Crippen LogP contribution >= 0.6 is 11.6 Å². The molecule has 0 aliphatic rings. The molecule has 0 aliphatic carbocycles. The summed E-state index contributed by atoms with van der Waals surface area (Å²) in [6.07, 6.45) is 2.98. The van der Waals surface area contributed by atoms with Crippen LogP contribution < -0.4 is 10.6 Å². The molecule has 2 aromatic heterocycles. The van der Waals surface area contributed by atoms with Gasteiger partial charge in [-0.1, -0.05) is 29.8 Å². The second-order valence-corrected chi connectivity index (χ2v) is 6.71. The third-order valence-electron chi connectivity index (χ3n) is 4.22. The normalized spacial score (nSPS) is 11.2. The van der Waals surface area contributed by atoms with Gasteiger partial charge in [-0.05, 0) is 42.8 Å². The Bertz CT molecular complexity index is 1090. The molecule has 0 spiro atoms. The smallest absolute Gasteiger partial charge is 0.268 e. The highest BCUT2D eigenvalue weighted by Crippen LogP contribution is 2.28. The number of carbonyl (C=O) groups excluding carboxylic acids is 2. The number of nitrogens with zero attached hydrogens (tertiary/aromatic N) is 1. The predicted octanol–water partition coefficient (Wildman–Crippen LogP) is 3.18. The molecule has 2 amide bonds. The van der Waals surface area contributed by atoms with E-state index in [0.29, 0.717) is 22.6 Å². The molecule has 0 aliphatic heterocycles. The molecular formula is C22H20ClN3O4. The van der Waals surface area contributed by atoms with E-state index in [9.17, 15) is 9.59 Å². The van der Waals surface area contributed by atoms with Gasteiger partial charge in [0.25, 0.3) is 11.8 Å².